The molecule has 0 aliphatic carbocycles. The standard InChI is InChI=1S/C16H15ClN2O4S/c1-11-2-7-14(10-15(11)17)24(21,22)18-12-3-5-13(6-4-12)19-8-9-23-16(19)20/h2-7,10,18H,8-9H2,1H3. The van der Waals surface area contributed by atoms with Gasteiger partial charge in [0.1, 0.15) is 6.61 Å². The number of ether oxygens (including phenoxy) is 1. The molecule has 126 valence electrons. The Morgan fingerprint density at radius 2 is 1.88 bits per heavy atom. The van der Waals surface area contributed by atoms with Gasteiger partial charge in [-0.25, -0.2) is 13.2 Å². The summed E-state index contributed by atoms with van der Waals surface area (Å²) in [6.07, 6.45) is -0.405. The monoisotopic (exact) mass is 366 g/mol. The lowest BCUT2D eigenvalue weighted by atomic mass is 10.2. The van der Waals surface area contributed by atoms with Crippen LogP contribution in [0.15, 0.2) is 47.4 Å². The first kappa shape index (κ1) is 16.6. The number of carbonyl (C=O) groups excluding carboxylic acids is 1. The summed E-state index contributed by atoms with van der Waals surface area (Å²) in [5.41, 5.74) is 1.85. The fourth-order valence-electron chi connectivity index (χ4n) is 2.29. The number of sulfonamides is 1. The van der Waals surface area contributed by atoms with Crippen molar-refractivity contribution in [3.05, 3.63) is 53.1 Å². The van der Waals surface area contributed by atoms with Crippen molar-refractivity contribution < 1.29 is 17.9 Å². The van der Waals surface area contributed by atoms with Crippen LogP contribution in [0, 0.1) is 6.92 Å². The topological polar surface area (TPSA) is 75.7 Å². The average molecular weight is 367 g/mol. The molecule has 0 spiro atoms. The number of nitrogens with one attached hydrogen (secondary N) is 1. The van der Waals surface area contributed by atoms with Crippen molar-refractivity contribution in [2.75, 3.05) is 22.8 Å². The molecule has 1 N–H and O–H groups in total. The molecule has 1 aliphatic heterocycles. The van der Waals surface area contributed by atoms with Gasteiger partial charge in [0.25, 0.3) is 10.0 Å². The van der Waals surface area contributed by atoms with Crippen LogP contribution < -0.4 is 9.62 Å². The SMILES string of the molecule is Cc1ccc(S(=O)(=O)Nc2ccc(N3CCOC3=O)cc2)cc1Cl. The lowest BCUT2D eigenvalue weighted by Crippen LogP contribution is -2.23. The zero-order valence-electron chi connectivity index (χ0n) is 12.8. The molecule has 2 aromatic rings. The van der Waals surface area contributed by atoms with Crippen molar-refractivity contribution in [2.45, 2.75) is 11.8 Å². The number of anilines is 2. The largest absolute Gasteiger partial charge is 0.447 e. The molecule has 1 heterocycles. The maximum absolute atomic E-state index is 12.4. The van der Waals surface area contributed by atoms with Crippen LogP contribution in [-0.2, 0) is 14.8 Å². The van der Waals surface area contributed by atoms with Crippen molar-refractivity contribution >= 4 is 39.1 Å². The molecule has 1 fully saturated rings. The van der Waals surface area contributed by atoms with E-state index in [1.165, 1.54) is 17.0 Å². The molecule has 0 atom stereocenters. The van der Waals surface area contributed by atoms with Gasteiger partial charge in [0.15, 0.2) is 0 Å². The summed E-state index contributed by atoms with van der Waals surface area (Å²) < 4.78 is 32.2. The third kappa shape index (κ3) is 3.32. The van der Waals surface area contributed by atoms with Crippen LogP contribution in [-0.4, -0.2) is 27.7 Å². The predicted octanol–water partition coefficient (Wildman–Crippen LogP) is 3.41. The number of hydrogen-bond acceptors (Lipinski definition) is 4. The van der Waals surface area contributed by atoms with Gasteiger partial charge in [0, 0.05) is 16.4 Å². The first-order valence-corrected chi connectivity index (χ1v) is 9.06. The maximum Gasteiger partial charge on any atom is 0.414 e. The van der Waals surface area contributed by atoms with Gasteiger partial charge in [-0.1, -0.05) is 17.7 Å². The molecule has 2 aromatic carbocycles. The van der Waals surface area contributed by atoms with E-state index in [4.69, 9.17) is 16.3 Å². The third-order valence-corrected chi connectivity index (χ3v) is 5.43. The Labute approximate surface area is 145 Å². The van der Waals surface area contributed by atoms with Gasteiger partial charge >= 0.3 is 6.09 Å². The Balaban J connectivity index is 1.80. The zero-order chi connectivity index (χ0) is 17.3. The van der Waals surface area contributed by atoms with E-state index in [-0.39, 0.29) is 4.90 Å². The number of hydrogen-bond donors (Lipinski definition) is 1. The molecule has 8 heteroatoms. The number of cyclic esters (lactones) is 1. The fourth-order valence-corrected chi connectivity index (χ4v) is 3.62. The molecule has 0 aromatic heterocycles. The summed E-state index contributed by atoms with van der Waals surface area (Å²) in [5, 5.41) is 0.390. The maximum atomic E-state index is 12.4. The average Bonchev–Trinajstić information content (AvgIpc) is 2.96. The highest BCUT2D eigenvalue weighted by molar-refractivity contribution is 7.92. The van der Waals surface area contributed by atoms with Gasteiger partial charge in [-0.3, -0.25) is 9.62 Å². The molecule has 0 bridgehead atoms. The van der Waals surface area contributed by atoms with Crippen LogP contribution in [0.5, 0.6) is 0 Å². The Kier molecular flexibility index (Phi) is 4.38. The van der Waals surface area contributed by atoms with Crippen molar-refractivity contribution in [3.63, 3.8) is 0 Å². The normalized spacial score (nSPS) is 14.6. The summed E-state index contributed by atoms with van der Waals surface area (Å²) >= 11 is 5.99. The summed E-state index contributed by atoms with van der Waals surface area (Å²) in [4.78, 5) is 13.1. The van der Waals surface area contributed by atoms with E-state index in [2.05, 4.69) is 4.72 Å². The Morgan fingerprint density at radius 1 is 1.17 bits per heavy atom. The van der Waals surface area contributed by atoms with Crippen LogP contribution in [0.3, 0.4) is 0 Å². The van der Waals surface area contributed by atoms with Crippen molar-refractivity contribution in [2.24, 2.45) is 0 Å². The molecular formula is C16H15ClN2O4S. The van der Waals surface area contributed by atoms with Gasteiger partial charge in [-0.15, -0.1) is 0 Å². The lowest BCUT2D eigenvalue weighted by Gasteiger charge is -2.14. The van der Waals surface area contributed by atoms with Crippen molar-refractivity contribution in [1.82, 2.24) is 0 Å². The van der Waals surface area contributed by atoms with Crippen LogP contribution in [0.2, 0.25) is 5.02 Å². The summed E-state index contributed by atoms with van der Waals surface area (Å²) in [5.74, 6) is 0. The Hall–Kier alpha value is -2.25. The quantitative estimate of drug-likeness (QED) is 0.899. The van der Waals surface area contributed by atoms with Crippen LogP contribution in [0.4, 0.5) is 16.2 Å². The van der Waals surface area contributed by atoms with Crippen molar-refractivity contribution in [1.29, 1.82) is 0 Å². The fraction of sp³-hybridized carbons (Fsp3) is 0.188. The Morgan fingerprint density at radius 3 is 2.46 bits per heavy atom. The molecule has 24 heavy (non-hydrogen) atoms. The van der Waals surface area contributed by atoms with Gasteiger partial charge < -0.3 is 4.74 Å². The van der Waals surface area contributed by atoms with Crippen molar-refractivity contribution in [3.8, 4) is 0 Å². The second-order valence-corrected chi connectivity index (χ2v) is 7.42. The molecule has 0 saturated carbocycles. The van der Waals surface area contributed by atoms with E-state index < -0.39 is 16.1 Å². The highest BCUT2D eigenvalue weighted by Gasteiger charge is 2.23. The molecule has 6 nitrogen and oxygen atoms in total. The number of halogens is 1. The van der Waals surface area contributed by atoms with Crippen LogP contribution >= 0.6 is 11.6 Å². The minimum Gasteiger partial charge on any atom is -0.447 e. The number of carbonyl (C=O) groups is 1. The molecule has 1 aliphatic rings. The van der Waals surface area contributed by atoms with Gasteiger partial charge in [-0.05, 0) is 48.9 Å². The first-order valence-electron chi connectivity index (χ1n) is 7.20. The van der Waals surface area contributed by atoms with Gasteiger partial charge in [0.05, 0.1) is 11.4 Å². The number of benzene rings is 2. The van der Waals surface area contributed by atoms with Crippen LogP contribution in [0.25, 0.3) is 0 Å². The van der Waals surface area contributed by atoms with E-state index in [1.54, 1.807) is 37.3 Å². The predicted molar refractivity (Wildman–Crippen MR) is 92.1 cm³/mol. The van der Waals surface area contributed by atoms with E-state index in [0.717, 1.165) is 5.56 Å². The van der Waals surface area contributed by atoms with Gasteiger partial charge in [-0.2, -0.15) is 0 Å². The number of rotatable bonds is 4. The number of amides is 1. The minimum atomic E-state index is -3.73. The highest BCUT2D eigenvalue weighted by atomic mass is 35.5. The Bertz CT molecular complexity index is 881. The molecule has 1 saturated heterocycles. The zero-order valence-corrected chi connectivity index (χ0v) is 14.4. The van der Waals surface area contributed by atoms with E-state index in [1.807, 2.05) is 0 Å². The van der Waals surface area contributed by atoms with Crippen LogP contribution in [0.1, 0.15) is 5.56 Å². The second kappa shape index (κ2) is 6.33. The smallest absolute Gasteiger partial charge is 0.414 e. The number of aryl methyl sites for hydroxylation is 1. The minimum absolute atomic E-state index is 0.0882. The molecular weight excluding hydrogens is 352 g/mol. The summed E-state index contributed by atoms with van der Waals surface area (Å²) in [6.45, 7) is 2.63. The summed E-state index contributed by atoms with van der Waals surface area (Å²) in [6, 6.07) is 11.1. The number of nitrogens with zero attached hydrogens (tertiary/aromatic N) is 1. The third-order valence-electron chi connectivity index (χ3n) is 3.65. The lowest BCUT2D eigenvalue weighted by molar-refractivity contribution is 0.181. The van der Waals surface area contributed by atoms with Gasteiger partial charge in [0.2, 0.25) is 0 Å². The molecule has 0 unspecified atom stereocenters. The van der Waals surface area contributed by atoms with E-state index >= 15 is 0 Å². The summed E-state index contributed by atoms with van der Waals surface area (Å²) in [7, 11) is -3.73. The molecule has 0 radical (unpaired) electrons. The highest BCUT2D eigenvalue weighted by Crippen LogP contribution is 2.24. The first-order chi connectivity index (χ1) is 11.4. The molecule has 3 rings (SSSR count). The van der Waals surface area contributed by atoms with E-state index in [0.29, 0.717) is 29.5 Å². The molecule has 1 amide bonds. The van der Waals surface area contributed by atoms with E-state index in [9.17, 15) is 13.2 Å². The second-order valence-electron chi connectivity index (χ2n) is 5.33.